The summed E-state index contributed by atoms with van der Waals surface area (Å²) in [6.45, 7) is 3.40. The minimum atomic E-state index is -0.784. The van der Waals surface area contributed by atoms with Gasteiger partial charge in [-0.05, 0) is 70.7 Å². The van der Waals surface area contributed by atoms with E-state index in [2.05, 4.69) is 33.7 Å². The second-order valence-electron chi connectivity index (χ2n) is 12.0. The minimum absolute atomic E-state index is 0.0886. The van der Waals surface area contributed by atoms with Gasteiger partial charge in [0.1, 0.15) is 12.1 Å². The van der Waals surface area contributed by atoms with Gasteiger partial charge in [0, 0.05) is 25.9 Å². The monoisotopic (exact) mass is 633 g/mol. The highest BCUT2D eigenvalue weighted by atomic mass is 16.5. The molecule has 0 bridgehead atoms. The predicted molar refractivity (Wildman–Crippen MR) is 179 cm³/mol. The van der Waals surface area contributed by atoms with Crippen LogP contribution in [-0.2, 0) is 27.2 Å². The predicted octanol–water partition coefficient (Wildman–Crippen LogP) is 5.12. The summed E-state index contributed by atoms with van der Waals surface area (Å²) in [6.07, 6.45) is 2.98. The molecule has 2 heterocycles. The summed E-state index contributed by atoms with van der Waals surface area (Å²) in [4.78, 5) is 47.7. The van der Waals surface area contributed by atoms with Gasteiger partial charge in [0.2, 0.25) is 18.2 Å². The van der Waals surface area contributed by atoms with Crippen molar-refractivity contribution in [2.75, 3.05) is 26.7 Å². The third-order valence-corrected chi connectivity index (χ3v) is 8.98. The number of carbonyl (C=O) groups excluding carboxylic acids is 3. The Morgan fingerprint density at radius 3 is 2.11 bits per heavy atom. The number of nitrogens with zero attached hydrogens (tertiary/aromatic N) is 4. The molecule has 6 rings (SSSR count). The molecule has 10 nitrogen and oxygen atoms in total. The molecule has 0 aliphatic carbocycles. The molecule has 47 heavy (non-hydrogen) atoms. The number of esters is 1. The summed E-state index contributed by atoms with van der Waals surface area (Å²) in [5, 5.41) is 11.6. The molecule has 242 valence electrons. The van der Waals surface area contributed by atoms with Crippen molar-refractivity contribution in [1.29, 1.82) is 0 Å². The average molecular weight is 634 g/mol. The highest BCUT2D eigenvalue weighted by Crippen LogP contribution is 2.29. The lowest BCUT2D eigenvalue weighted by molar-refractivity contribution is -0.144. The number of piperidine rings is 1. The van der Waals surface area contributed by atoms with Gasteiger partial charge in [-0.15, -0.1) is 0 Å². The summed E-state index contributed by atoms with van der Waals surface area (Å²) in [6, 6.07) is 26.8. The first-order valence-corrected chi connectivity index (χ1v) is 16.1. The fourth-order valence-electron chi connectivity index (χ4n) is 6.44. The molecular formula is C37H39N5O5. The summed E-state index contributed by atoms with van der Waals surface area (Å²) < 4.78 is 10.7. The molecule has 4 aromatic carbocycles. The zero-order valence-corrected chi connectivity index (χ0v) is 26.7. The Bertz CT molecular complexity index is 1870. The van der Waals surface area contributed by atoms with Gasteiger partial charge in [0.25, 0.3) is 5.82 Å². The first kappa shape index (κ1) is 31.9. The van der Waals surface area contributed by atoms with Crippen molar-refractivity contribution in [3.8, 4) is 0 Å². The Balaban J connectivity index is 1.37. The number of hydrogen-bond donors (Lipinski definition) is 1. The van der Waals surface area contributed by atoms with Crippen LogP contribution in [0.4, 0.5) is 0 Å². The molecule has 0 saturated carbocycles. The molecule has 0 unspecified atom stereocenters. The summed E-state index contributed by atoms with van der Waals surface area (Å²) in [5.41, 5.74) is 1.89. The molecule has 2 atom stereocenters. The molecule has 2 amide bonds. The lowest BCUT2D eigenvalue weighted by Crippen LogP contribution is -2.55. The van der Waals surface area contributed by atoms with E-state index in [-0.39, 0.29) is 30.3 Å². The molecular weight excluding hydrogens is 594 g/mol. The maximum absolute atomic E-state index is 14.7. The van der Waals surface area contributed by atoms with E-state index in [0.717, 1.165) is 65.0 Å². The summed E-state index contributed by atoms with van der Waals surface area (Å²) in [7, 11) is 1.70. The zero-order valence-electron chi connectivity index (χ0n) is 26.7. The number of aromatic nitrogens is 2. The van der Waals surface area contributed by atoms with E-state index < -0.39 is 18.1 Å². The molecule has 0 radical (unpaired) electrons. The standard InChI is InChI=1S/C37H39N5O5/c1-3-46-37(45)34-39-35(47-40-34)32(22-25-12-14-27-8-4-6-10-29(27)20-25)41(2)36(44)33(42(24-43)31-16-18-38-19-17-31)23-26-13-15-28-9-5-7-11-30(28)21-26/h4-15,20-21,24,31-33,38H,3,16-19,22-23H2,1-2H3/t32-,33-/m1/s1. The number of benzene rings is 4. The van der Waals surface area contributed by atoms with Crippen molar-refractivity contribution in [3.63, 3.8) is 0 Å². The van der Waals surface area contributed by atoms with E-state index in [0.29, 0.717) is 12.8 Å². The second kappa shape index (κ2) is 14.6. The summed E-state index contributed by atoms with van der Waals surface area (Å²) in [5.74, 6) is -1.05. The van der Waals surface area contributed by atoms with Crippen LogP contribution in [0.3, 0.4) is 0 Å². The highest BCUT2D eigenvalue weighted by molar-refractivity contribution is 5.87. The lowest BCUT2D eigenvalue weighted by atomic mass is 9.95. The van der Waals surface area contributed by atoms with Gasteiger partial charge in [0.05, 0.1) is 6.61 Å². The fraction of sp³-hybridized carbons (Fsp3) is 0.324. The molecule has 5 aromatic rings. The van der Waals surface area contributed by atoms with Gasteiger partial charge in [-0.3, -0.25) is 9.59 Å². The average Bonchev–Trinajstić information content (AvgIpc) is 3.61. The first-order chi connectivity index (χ1) is 22.9. The molecule has 1 saturated heterocycles. The molecule has 1 N–H and O–H groups in total. The number of fused-ring (bicyclic) bond motifs is 2. The lowest BCUT2D eigenvalue weighted by Gasteiger charge is -2.39. The second-order valence-corrected chi connectivity index (χ2v) is 12.0. The van der Waals surface area contributed by atoms with Crippen LogP contribution in [0.1, 0.15) is 53.4 Å². The van der Waals surface area contributed by atoms with Crippen molar-refractivity contribution >= 4 is 39.8 Å². The van der Waals surface area contributed by atoms with E-state index in [1.54, 1.807) is 23.8 Å². The Hall–Kier alpha value is -5.09. The van der Waals surface area contributed by atoms with Crippen molar-refractivity contribution in [3.05, 3.63) is 108 Å². The highest BCUT2D eigenvalue weighted by Gasteiger charge is 2.37. The Morgan fingerprint density at radius 2 is 1.51 bits per heavy atom. The number of amides is 2. The molecule has 1 fully saturated rings. The topological polar surface area (TPSA) is 118 Å². The quantitative estimate of drug-likeness (QED) is 0.149. The van der Waals surface area contributed by atoms with Crippen LogP contribution in [0.15, 0.2) is 89.5 Å². The Labute approximate surface area is 273 Å². The third-order valence-electron chi connectivity index (χ3n) is 8.98. The normalized spacial score (nSPS) is 14.9. The number of likely N-dealkylation sites (N-methyl/N-ethyl adjacent to an activating group) is 1. The SMILES string of the molecule is CCOC(=O)c1noc([C@@H](Cc2ccc3ccccc3c2)N(C)C(=O)[C@@H](Cc2ccc3ccccc3c2)N(C=O)C2CCNCC2)n1. The molecule has 1 aliphatic heterocycles. The van der Waals surface area contributed by atoms with Crippen LogP contribution in [0, 0.1) is 0 Å². The van der Waals surface area contributed by atoms with Crippen LogP contribution in [0.5, 0.6) is 0 Å². The molecule has 1 aliphatic rings. The molecule has 0 spiro atoms. The number of carbonyl (C=O) groups is 3. The van der Waals surface area contributed by atoms with E-state index in [9.17, 15) is 14.4 Å². The van der Waals surface area contributed by atoms with Gasteiger partial charge in [0.15, 0.2) is 0 Å². The van der Waals surface area contributed by atoms with Crippen molar-refractivity contribution in [2.24, 2.45) is 0 Å². The fourth-order valence-corrected chi connectivity index (χ4v) is 6.44. The van der Waals surface area contributed by atoms with Gasteiger partial charge < -0.3 is 24.4 Å². The largest absolute Gasteiger partial charge is 0.460 e. The number of hydrogen-bond acceptors (Lipinski definition) is 8. The van der Waals surface area contributed by atoms with Crippen LogP contribution in [0.25, 0.3) is 21.5 Å². The molecule has 1 aromatic heterocycles. The Morgan fingerprint density at radius 1 is 0.915 bits per heavy atom. The van der Waals surface area contributed by atoms with Crippen molar-refractivity contribution in [2.45, 2.75) is 50.7 Å². The number of ether oxygens (including phenoxy) is 1. The maximum Gasteiger partial charge on any atom is 0.379 e. The smallest absolute Gasteiger partial charge is 0.379 e. The van der Waals surface area contributed by atoms with Gasteiger partial charge >= 0.3 is 5.97 Å². The number of nitrogens with one attached hydrogen (secondary N) is 1. The van der Waals surface area contributed by atoms with E-state index in [1.165, 1.54) is 0 Å². The first-order valence-electron chi connectivity index (χ1n) is 16.1. The van der Waals surface area contributed by atoms with Crippen LogP contribution in [0.2, 0.25) is 0 Å². The Kier molecular flexibility index (Phi) is 9.87. The van der Waals surface area contributed by atoms with E-state index in [1.807, 2.05) is 66.7 Å². The van der Waals surface area contributed by atoms with Crippen LogP contribution in [-0.4, -0.2) is 77.1 Å². The molecule has 10 heteroatoms. The van der Waals surface area contributed by atoms with E-state index >= 15 is 0 Å². The maximum atomic E-state index is 14.7. The third kappa shape index (κ3) is 7.18. The van der Waals surface area contributed by atoms with Crippen LogP contribution < -0.4 is 5.32 Å². The van der Waals surface area contributed by atoms with Gasteiger partial charge in [-0.25, -0.2) is 4.79 Å². The van der Waals surface area contributed by atoms with Crippen molar-refractivity contribution in [1.82, 2.24) is 25.3 Å². The van der Waals surface area contributed by atoms with E-state index in [4.69, 9.17) is 9.26 Å². The summed E-state index contributed by atoms with van der Waals surface area (Å²) >= 11 is 0. The van der Waals surface area contributed by atoms with Gasteiger partial charge in [-0.1, -0.05) is 84.9 Å². The zero-order chi connectivity index (χ0) is 32.8. The number of rotatable bonds is 12. The minimum Gasteiger partial charge on any atom is -0.460 e. The van der Waals surface area contributed by atoms with Crippen LogP contribution >= 0.6 is 0 Å². The van der Waals surface area contributed by atoms with Crippen molar-refractivity contribution < 1.29 is 23.6 Å². The van der Waals surface area contributed by atoms with Gasteiger partial charge in [-0.2, -0.15) is 4.98 Å².